The van der Waals surface area contributed by atoms with Crippen LogP contribution in [0.15, 0.2) is 12.2 Å². The molecule has 4 atom stereocenters. The summed E-state index contributed by atoms with van der Waals surface area (Å²) >= 11 is 0. The van der Waals surface area contributed by atoms with Crippen molar-refractivity contribution in [2.24, 2.45) is 23.7 Å². The standard InChI is InChI=1S/C23H38O5/c1-2-16-9-11-17(12-10-16)20(24)14-13-19-18(21(25)15-22(19)26)7-5-3-4-6-8-23(27)28/h13-14,16-20,22,24,26H,2-12,15H2,1H3,(H,27,28)/t16?,17?,18-,19-,20-,22-/m1/s1. The molecule has 0 aromatic carbocycles. The molecule has 0 amide bonds. The minimum absolute atomic E-state index is 0.116. The summed E-state index contributed by atoms with van der Waals surface area (Å²) < 4.78 is 0. The van der Waals surface area contributed by atoms with E-state index in [1.165, 1.54) is 19.3 Å². The number of unbranched alkanes of at least 4 members (excludes halogenated alkanes) is 3. The van der Waals surface area contributed by atoms with Gasteiger partial charge in [-0.1, -0.05) is 57.6 Å². The van der Waals surface area contributed by atoms with Crippen molar-refractivity contribution in [1.29, 1.82) is 0 Å². The summed E-state index contributed by atoms with van der Waals surface area (Å²) in [4.78, 5) is 22.8. The van der Waals surface area contributed by atoms with Crippen LogP contribution < -0.4 is 0 Å². The molecule has 2 rings (SSSR count). The van der Waals surface area contributed by atoms with E-state index < -0.39 is 18.2 Å². The SMILES string of the molecule is CCC1CCC([C@H](O)C=C[C@H]2[C@H](O)CC(=O)[C@@H]2CCCCCCC(=O)O)CC1. The number of aliphatic carboxylic acids is 1. The first-order valence-corrected chi connectivity index (χ1v) is 11.2. The Balaban J connectivity index is 1.79. The summed E-state index contributed by atoms with van der Waals surface area (Å²) in [6, 6.07) is 0. The van der Waals surface area contributed by atoms with Gasteiger partial charge in [-0.3, -0.25) is 9.59 Å². The molecule has 2 aliphatic carbocycles. The molecule has 0 spiro atoms. The van der Waals surface area contributed by atoms with Crippen LogP contribution in [0.5, 0.6) is 0 Å². The van der Waals surface area contributed by atoms with Gasteiger partial charge in [0, 0.05) is 24.7 Å². The second-order valence-corrected chi connectivity index (χ2v) is 8.83. The third-order valence-corrected chi connectivity index (χ3v) is 6.87. The van der Waals surface area contributed by atoms with Crippen LogP contribution in [0.4, 0.5) is 0 Å². The number of carbonyl (C=O) groups is 2. The molecular weight excluding hydrogens is 356 g/mol. The lowest BCUT2D eigenvalue weighted by atomic mass is 9.78. The second kappa shape index (κ2) is 11.7. The van der Waals surface area contributed by atoms with Crippen molar-refractivity contribution in [1.82, 2.24) is 0 Å². The van der Waals surface area contributed by atoms with Crippen LogP contribution in [0.2, 0.25) is 0 Å². The van der Waals surface area contributed by atoms with E-state index in [4.69, 9.17) is 5.11 Å². The first-order valence-electron chi connectivity index (χ1n) is 11.2. The van der Waals surface area contributed by atoms with Crippen molar-refractivity contribution in [3.63, 3.8) is 0 Å². The van der Waals surface area contributed by atoms with Gasteiger partial charge in [0.25, 0.3) is 0 Å². The number of carbonyl (C=O) groups excluding carboxylic acids is 1. The van der Waals surface area contributed by atoms with Crippen molar-refractivity contribution < 1.29 is 24.9 Å². The number of hydrogen-bond acceptors (Lipinski definition) is 4. The molecular formula is C23H38O5. The minimum atomic E-state index is -0.763. The number of rotatable bonds is 11. The highest BCUT2D eigenvalue weighted by Crippen LogP contribution is 2.36. The molecule has 5 heteroatoms. The molecule has 0 radical (unpaired) electrons. The molecule has 2 saturated carbocycles. The van der Waals surface area contributed by atoms with Gasteiger partial charge in [0.1, 0.15) is 5.78 Å². The maximum absolute atomic E-state index is 12.3. The number of aliphatic hydroxyl groups excluding tert-OH is 2. The number of carboxylic acids is 1. The average Bonchev–Trinajstić information content (AvgIpc) is 2.95. The van der Waals surface area contributed by atoms with Crippen molar-refractivity contribution in [2.75, 3.05) is 0 Å². The Morgan fingerprint density at radius 3 is 2.46 bits per heavy atom. The molecule has 5 nitrogen and oxygen atoms in total. The number of ketones is 1. The van der Waals surface area contributed by atoms with Gasteiger partial charge in [0.05, 0.1) is 12.2 Å². The van der Waals surface area contributed by atoms with Crippen LogP contribution in [-0.2, 0) is 9.59 Å². The van der Waals surface area contributed by atoms with Gasteiger partial charge in [-0.15, -0.1) is 0 Å². The van der Waals surface area contributed by atoms with Gasteiger partial charge in [-0.2, -0.15) is 0 Å². The molecule has 28 heavy (non-hydrogen) atoms. The molecule has 2 aliphatic rings. The van der Waals surface area contributed by atoms with Gasteiger partial charge < -0.3 is 15.3 Å². The van der Waals surface area contributed by atoms with Crippen LogP contribution in [0.1, 0.15) is 84.0 Å². The van der Waals surface area contributed by atoms with E-state index >= 15 is 0 Å². The summed E-state index contributed by atoms with van der Waals surface area (Å²) in [5.74, 6) is 0.0659. The Bertz CT molecular complexity index is 521. The predicted molar refractivity (Wildman–Crippen MR) is 109 cm³/mol. The first kappa shape index (κ1) is 23.1. The third-order valence-electron chi connectivity index (χ3n) is 6.87. The van der Waals surface area contributed by atoms with E-state index in [-0.39, 0.29) is 30.5 Å². The van der Waals surface area contributed by atoms with E-state index in [0.717, 1.165) is 44.4 Å². The van der Waals surface area contributed by atoms with Gasteiger partial charge in [0.15, 0.2) is 0 Å². The van der Waals surface area contributed by atoms with E-state index in [1.807, 2.05) is 12.2 Å². The third kappa shape index (κ3) is 7.00. The number of carboxylic acid groups (broad SMARTS) is 1. The second-order valence-electron chi connectivity index (χ2n) is 8.83. The molecule has 0 heterocycles. The minimum Gasteiger partial charge on any atom is -0.481 e. The fraction of sp³-hybridized carbons (Fsp3) is 0.826. The molecule has 0 bridgehead atoms. The maximum Gasteiger partial charge on any atom is 0.303 e. The fourth-order valence-electron chi connectivity index (χ4n) is 4.92. The maximum atomic E-state index is 12.3. The Morgan fingerprint density at radius 1 is 1.14 bits per heavy atom. The average molecular weight is 395 g/mol. The summed E-state index contributed by atoms with van der Waals surface area (Å²) in [5.41, 5.74) is 0. The highest BCUT2D eigenvalue weighted by molar-refractivity contribution is 5.84. The largest absolute Gasteiger partial charge is 0.481 e. The molecule has 0 unspecified atom stereocenters. The smallest absolute Gasteiger partial charge is 0.303 e. The first-order chi connectivity index (χ1) is 13.4. The van der Waals surface area contributed by atoms with Gasteiger partial charge in [-0.05, 0) is 37.5 Å². The number of aliphatic hydroxyl groups is 2. The zero-order chi connectivity index (χ0) is 20.5. The Labute approximate surface area is 169 Å². The van der Waals surface area contributed by atoms with Crippen LogP contribution >= 0.6 is 0 Å². The van der Waals surface area contributed by atoms with E-state index in [1.54, 1.807) is 0 Å². The molecule has 2 fully saturated rings. The van der Waals surface area contributed by atoms with Crippen LogP contribution in [0, 0.1) is 23.7 Å². The normalized spacial score (nSPS) is 32.1. The van der Waals surface area contributed by atoms with Crippen molar-refractivity contribution >= 4 is 11.8 Å². The monoisotopic (exact) mass is 394 g/mol. The zero-order valence-corrected chi connectivity index (χ0v) is 17.3. The lowest BCUT2D eigenvalue weighted by molar-refractivity contribution is -0.137. The topological polar surface area (TPSA) is 94.8 Å². The molecule has 3 N–H and O–H groups in total. The van der Waals surface area contributed by atoms with Crippen LogP contribution in [-0.4, -0.2) is 39.3 Å². The lowest BCUT2D eigenvalue weighted by Crippen LogP contribution is -2.25. The molecule has 0 aliphatic heterocycles. The zero-order valence-electron chi connectivity index (χ0n) is 17.3. The quantitative estimate of drug-likeness (QED) is 0.362. The molecule has 0 saturated heterocycles. The van der Waals surface area contributed by atoms with Gasteiger partial charge >= 0.3 is 5.97 Å². The van der Waals surface area contributed by atoms with Crippen molar-refractivity contribution in [2.45, 2.75) is 96.2 Å². The molecule has 0 aromatic heterocycles. The van der Waals surface area contributed by atoms with E-state index in [0.29, 0.717) is 12.3 Å². The Kier molecular flexibility index (Phi) is 9.66. The Morgan fingerprint density at radius 2 is 1.82 bits per heavy atom. The van der Waals surface area contributed by atoms with Crippen LogP contribution in [0.25, 0.3) is 0 Å². The lowest BCUT2D eigenvalue weighted by Gasteiger charge is -2.30. The number of hydrogen-bond donors (Lipinski definition) is 3. The van der Waals surface area contributed by atoms with Gasteiger partial charge in [-0.25, -0.2) is 0 Å². The molecule has 160 valence electrons. The summed E-state index contributed by atoms with van der Waals surface area (Å²) in [7, 11) is 0. The Hall–Kier alpha value is -1.20. The summed E-state index contributed by atoms with van der Waals surface area (Å²) in [6.07, 6.45) is 12.7. The van der Waals surface area contributed by atoms with E-state index in [2.05, 4.69) is 6.92 Å². The van der Waals surface area contributed by atoms with Crippen LogP contribution in [0.3, 0.4) is 0 Å². The summed E-state index contributed by atoms with van der Waals surface area (Å²) in [5, 5.41) is 29.5. The predicted octanol–water partition coefficient (Wildman–Crippen LogP) is 4.11. The number of Topliss-reactive ketones (excluding diaryl/α,β-unsaturated/α-hetero) is 1. The van der Waals surface area contributed by atoms with Crippen molar-refractivity contribution in [3.8, 4) is 0 Å². The summed E-state index contributed by atoms with van der Waals surface area (Å²) in [6.45, 7) is 2.23. The van der Waals surface area contributed by atoms with E-state index in [9.17, 15) is 19.8 Å². The highest BCUT2D eigenvalue weighted by atomic mass is 16.4. The highest BCUT2D eigenvalue weighted by Gasteiger charge is 2.39. The fourth-order valence-corrected chi connectivity index (χ4v) is 4.92. The van der Waals surface area contributed by atoms with Crippen molar-refractivity contribution in [3.05, 3.63) is 12.2 Å². The van der Waals surface area contributed by atoms with Gasteiger partial charge in [0.2, 0.25) is 0 Å². The molecule has 0 aromatic rings.